The van der Waals surface area contributed by atoms with Gasteiger partial charge in [-0.05, 0) is 18.6 Å². The monoisotopic (exact) mass is 371 g/mol. The summed E-state index contributed by atoms with van der Waals surface area (Å²) in [5, 5.41) is 6.86. The van der Waals surface area contributed by atoms with Gasteiger partial charge in [0.1, 0.15) is 17.9 Å². The van der Waals surface area contributed by atoms with Crippen LogP contribution in [-0.2, 0) is 16.1 Å². The molecule has 2 aromatic heterocycles. The molecule has 2 fully saturated rings. The molecule has 142 valence electrons. The molecule has 2 aliphatic heterocycles. The molecule has 2 aliphatic rings. The molecular formula is C18H21N5O4. The molecule has 1 atom stereocenters. The molecule has 9 nitrogen and oxygen atoms in total. The van der Waals surface area contributed by atoms with Crippen LogP contribution in [0.1, 0.15) is 12.2 Å². The van der Waals surface area contributed by atoms with Crippen LogP contribution >= 0.6 is 0 Å². The number of likely N-dealkylation sites (tertiary alicyclic amines) is 1. The van der Waals surface area contributed by atoms with E-state index in [2.05, 4.69) is 15.5 Å². The first-order chi connectivity index (χ1) is 13.0. The van der Waals surface area contributed by atoms with E-state index in [9.17, 15) is 9.59 Å². The van der Waals surface area contributed by atoms with Crippen LogP contribution in [-0.4, -0.2) is 70.8 Å². The van der Waals surface area contributed by atoms with E-state index in [1.807, 2.05) is 12.1 Å². The van der Waals surface area contributed by atoms with Crippen molar-refractivity contribution in [1.82, 2.24) is 25.3 Å². The predicted octanol–water partition coefficient (Wildman–Crippen LogP) is 0.879. The molecule has 3 amide bonds. The van der Waals surface area contributed by atoms with Gasteiger partial charge in [-0.15, -0.1) is 0 Å². The zero-order valence-electron chi connectivity index (χ0n) is 15.1. The van der Waals surface area contributed by atoms with Crippen LogP contribution in [0, 0.1) is 0 Å². The Labute approximate surface area is 156 Å². The second kappa shape index (κ2) is 6.99. The Morgan fingerprint density at radius 1 is 1.41 bits per heavy atom. The maximum absolute atomic E-state index is 12.5. The Morgan fingerprint density at radius 2 is 2.30 bits per heavy atom. The van der Waals surface area contributed by atoms with Gasteiger partial charge in [0.15, 0.2) is 5.76 Å². The molecule has 0 saturated carbocycles. The summed E-state index contributed by atoms with van der Waals surface area (Å²) in [6.07, 6.45) is 4.11. The molecule has 4 rings (SSSR count). The van der Waals surface area contributed by atoms with E-state index >= 15 is 0 Å². The SMILES string of the molecule is CN1CC2(CCN(C(=O)NCc3cc(-c4cccnc4)no3)C2)OCC1=O. The number of aromatic nitrogens is 2. The van der Waals surface area contributed by atoms with Crippen molar-refractivity contribution in [1.29, 1.82) is 0 Å². The van der Waals surface area contributed by atoms with E-state index in [0.717, 1.165) is 5.56 Å². The molecular weight excluding hydrogens is 350 g/mol. The Balaban J connectivity index is 1.32. The van der Waals surface area contributed by atoms with Crippen LogP contribution in [0.25, 0.3) is 11.3 Å². The Hall–Kier alpha value is -2.94. The van der Waals surface area contributed by atoms with Crippen LogP contribution in [0.2, 0.25) is 0 Å². The highest BCUT2D eigenvalue weighted by atomic mass is 16.5. The maximum Gasteiger partial charge on any atom is 0.317 e. The average molecular weight is 371 g/mol. The molecule has 27 heavy (non-hydrogen) atoms. The van der Waals surface area contributed by atoms with Crippen molar-refractivity contribution < 1.29 is 18.8 Å². The van der Waals surface area contributed by atoms with Crippen molar-refractivity contribution in [2.24, 2.45) is 0 Å². The number of rotatable bonds is 3. The summed E-state index contributed by atoms with van der Waals surface area (Å²) in [7, 11) is 1.76. The highest BCUT2D eigenvalue weighted by Gasteiger charge is 2.45. The second-order valence-corrected chi connectivity index (χ2v) is 6.97. The summed E-state index contributed by atoms with van der Waals surface area (Å²) >= 11 is 0. The van der Waals surface area contributed by atoms with Gasteiger partial charge in [-0.1, -0.05) is 5.16 Å². The molecule has 0 aliphatic carbocycles. The smallest absolute Gasteiger partial charge is 0.317 e. The number of urea groups is 1. The van der Waals surface area contributed by atoms with Gasteiger partial charge < -0.3 is 24.4 Å². The molecule has 0 bridgehead atoms. The van der Waals surface area contributed by atoms with Crippen LogP contribution in [0.15, 0.2) is 35.1 Å². The normalized spacial score (nSPS) is 22.5. The molecule has 0 aromatic carbocycles. The molecule has 4 heterocycles. The van der Waals surface area contributed by atoms with E-state index in [1.165, 1.54) is 0 Å². The van der Waals surface area contributed by atoms with Gasteiger partial charge in [0.2, 0.25) is 5.91 Å². The molecule has 1 unspecified atom stereocenters. The van der Waals surface area contributed by atoms with E-state index in [1.54, 1.807) is 35.3 Å². The fourth-order valence-corrected chi connectivity index (χ4v) is 3.48. The van der Waals surface area contributed by atoms with Gasteiger partial charge in [-0.2, -0.15) is 0 Å². The van der Waals surface area contributed by atoms with Gasteiger partial charge in [0.25, 0.3) is 0 Å². The Morgan fingerprint density at radius 3 is 3.07 bits per heavy atom. The lowest BCUT2D eigenvalue weighted by atomic mass is 10.0. The van der Waals surface area contributed by atoms with Crippen LogP contribution in [0.5, 0.6) is 0 Å². The summed E-state index contributed by atoms with van der Waals surface area (Å²) in [5.41, 5.74) is 1.07. The average Bonchev–Trinajstić information content (AvgIpc) is 3.32. The third-order valence-electron chi connectivity index (χ3n) is 4.99. The Kier molecular flexibility index (Phi) is 4.53. The van der Waals surface area contributed by atoms with Gasteiger partial charge in [-0.3, -0.25) is 9.78 Å². The van der Waals surface area contributed by atoms with Gasteiger partial charge in [0.05, 0.1) is 19.6 Å². The molecule has 1 N–H and O–H groups in total. The molecule has 2 aromatic rings. The van der Waals surface area contributed by atoms with Gasteiger partial charge in [-0.25, -0.2) is 4.79 Å². The van der Waals surface area contributed by atoms with Crippen molar-refractivity contribution in [2.75, 3.05) is 33.3 Å². The van der Waals surface area contributed by atoms with Crippen molar-refractivity contribution in [3.05, 3.63) is 36.4 Å². The van der Waals surface area contributed by atoms with Crippen molar-refractivity contribution in [2.45, 2.75) is 18.6 Å². The Bertz CT molecular complexity index is 839. The van der Waals surface area contributed by atoms with Gasteiger partial charge in [0, 0.05) is 37.6 Å². The van der Waals surface area contributed by atoms with Crippen molar-refractivity contribution in [3.63, 3.8) is 0 Å². The lowest BCUT2D eigenvalue weighted by Crippen LogP contribution is -2.55. The highest BCUT2D eigenvalue weighted by Crippen LogP contribution is 2.29. The number of morpholine rings is 1. The zero-order chi connectivity index (χ0) is 18.9. The number of nitrogens with one attached hydrogen (secondary N) is 1. The topological polar surface area (TPSA) is 101 Å². The lowest BCUT2D eigenvalue weighted by molar-refractivity contribution is -0.158. The van der Waals surface area contributed by atoms with Crippen molar-refractivity contribution in [3.8, 4) is 11.3 Å². The standard InChI is InChI=1S/C18H21N5O4/c1-22-11-18(26-10-16(22)24)4-6-23(12-18)17(25)20-9-14-7-15(21-27-14)13-3-2-5-19-8-13/h2-3,5,7-8H,4,6,9-12H2,1H3,(H,20,25). The first-order valence-corrected chi connectivity index (χ1v) is 8.81. The van der Waals surface area contributed by atoms with Crippen LogP contribution in [0.3, 0.4) is 0 Å². The number of pyridine rings is 1. The number of nitrogens with zero attached hydrogens (tertiary/aromatic N) is 4. The van der Waals surface area contributed by atoms with E-state index < -0.39 is 5.60 Å². The number of carbonyl (C=O) groups is 2. The largest absolute Gasteiger partial charge is 0.361 e. The number of amides is 3. The fourth-order valence-electron chi connectivity index (χ4n) is 3.48. The maximum atomic E-state index is 12.5. The number of ether oxygens (including phenoxy) is 1. The fraction of sp³-hybridized carbons (Fsp3) is 0.444. The van der Waals surface area contributed by atoms with E-state index in [0.29, 0.717) is 37.5 Å². The van der Waals surface area contributed by atoms with Gasteiger partial charge >= 0.3 is 6.03 Å². The molecule has 0 radical (unpaired) electrons. The van der Waals surface area contributed by atoms with Crippen molar-refractivity contribution >= 4 is 11.9 Å². The molecule has 2 saturated heterocycles. The second-order valence-electron chi connectivity index (χ2n) is 6.97. The van der Waals surface area contributed by atoms with E-state index in [4.69, 9.17) is 9.26 Å². The minimum absolute atomic E-state index is 0.0294. The third kappa shape index (κ3) is 3.63. The summed E-state index contributed by atoms with van der Waals surface area (Å²) in [6.45, 7) is 1.88. The summed E-state index contributed by atoms with van der Waals surface area (Å²) in [5.74, 6) is 0.536. The van der Waals surface area contributed by atoms with Crippen LogP contribution in [0.4, 0.5) is 4.79 Å². The molecule has 1 spiro atoms. The predicted molar refractivity (Wildman–Crippen MR) is 94.5 cm³/mol. The number of hydrogen-bond acceptors (Lipinski definition) is 6. The highest BCUT2D eigenvalue weighted by molar-refractivity contribution is 5.78. The summed E-state index contributed by atoms with van der Waals surface area (Å²) in [4.78, 5) is 31.5. The first-order valence-electron chi connectivity index (χ1n) is 8.81. The van der Waals surface area contributed by atoms with Crippen LogP contribution < -0.4 is 5.32 Å². The van der Waals surface area contributed by atoms with E-state index in [-0.39, 0.29) is 25.1 Å². The number of carbonyl (C=O) groups excluding carboxylic acids is 2. The third-order valence-corrected chi connectivity index (χ3v) is 4.99. The zero-order valence-corrected chi connectivity index (χ0v) is 15.1. The minimum Gasteiger partial charge on any atom is -0.361 e. The number of likely N-dealkylation sites (N-methyl/N-ethyl adjacent to an activating group) is 1. The summed E-state index contributed by atoms with van der Waals surface area (Å²) in [6, 6.07) is 5.32. The minimum atomic E-state index is -0.459. The lowest BCUT2D eigenvalue weighted by Gasteiger charge is -2.38. The first kappa shape index (κ1) is 17.5. The quantitative estimate of drug-likeness (QED) is 0.860. The summed E-state index contributed by atoms with van der Waals surface area (Å²) < 4.78 is 11.0. The molecule has 9 heteroatoms. The number of hydrogen-bond donors (Lipinski definition) is 1.